The van der Waals surface area contributed by atoms with E-state index in [0.29, 0.717) is 42.2 Å². The number of carbonyl (C=O) groups is 3. The summed E-state index contributed by atoms with van der Waals surface area (Å²) in [6.45, 7) is 0.0236. The molecule has 0 spiro atoms. The van der Waals surface area contributed by atoms with E-state index in [1.165, 1.54) is 0 Å². The predicted octanol–water partition coefficient (Wildman–Crippen LogP) is 6.89. The van der Waals surface area contributed by atoms with Crippen LogP contribution in [0.3, 0.4) is 0 Å². The molecule has 0 bridgehead atoms. The molecule has 11 heteroatoms. The monoisotopic (exact) mass is 620 g/mol. The summed E-state index contributed by atoms with van der Waals surface area (Å²) in [5.41, 5.74) is 1.29. The Morgan fingerprint density at radius 2 is 1.76 bits per heavy atom. The summed E-state index contributed by atoms with van der Waals surface area (Å²) in [5, 5.41) is 3.38. The van der Waals surface area contributed by atoms with Crippen LogP contribution in [-0.4, -0.2) is 41.7 Å². The van der Waals surface area contributed by atoms with E-state index in [1.54, 1.807) is 72.8 Å². The Morgan fingerprint density at radius 3 is 2.49 bits per heavy atom. The number of ether oxygens (including phenoxy) is 2. The number of benzene rings is 3. The van der Waals surface area contributed by atoms with Gasteiger partial charge in [-0.25, -0.2) is 0 Å². The van der Waals surface area contributed by atoms with Crippen LogP contribution in [-0.2, 0) is 9.59 Å². The first-order chi connectivity index (χ1) is 17.8. The van der Waals surface area contributed by atoms with E-state index in [9.17, 15) is 14.4 Å². The van der Waals surface area contributed by atoms with Gasteiger partial charge in [0.05, 0.1) is 20.9 Å². The van der Waals surface area contributed by atoms with Gasteiger partial charge in [0.2, 0.25) is 0 Å². The third kappa shape index (κ3) is 7.29. The molecule has 4 rings (SSSR count). The number of halogens is 3. The summed E-state index contributed by atoms with van der Waals surface area (Å²) < 4.78 is 11.8. The molecule has 7 nitrogen and oxygen atoms in total. The Labute approximate surface area is 235 Å². The second kappa shape index (κ2) is 12.5. The lowest BCUT2D eigenvalue weighted by Gasteiger charge is -2.13. The lowest BCUT2D eigenvalue weighted by molar-refractivity contribution is -0.123. The van der Waals surface area contributed by atoms with Gasteiger partial charge in [-0.1, -0.05) is 41.4 Å². The largest absolute Gasteiger partial charge is 0.490 e. The fourth-order valence-corrected chi connectivity index (χ4v) is 4.94. The van der Waals surface area contributed by atoms with Crippen LogP contribution in [0.25, 0.3) is 6.08 Å². The van der Waals surface area contributed by atoms with E-state index in [-0.39, 0.29) is 30.9 Å². The minimum Gasteiger partial charge on any atom is -0.490 e. The predicted molar refractivity (Wildman–Crippen MR) is 149 cm³/mol. The maximum atomic E-state index is 12.8. The first-order valence-corrected chi connectivity index (χ1v) is 13.3. The van der Waals surface area contributed by atoms with Gasteiger partial charge in [0, 0.05) is 10.7 Å². The van der Waals surface area contributed by atoms with Crippen molar-refractivity contribution in [1.82, 2.24) is 4.90 Å². The molecule has 1 N–H and O–H groups in total. The van der Waals surface area contributed by atoms with Gasteiger partial charge in [0.1, 0.15) is 18.1 Å². The van der Waals surface area contributed by atoms with Crippen molar-refractivity contribution in [2.24, 2.45) is 0 Å². The van der Waals surface area contributed by atoms with E-state index < -0.39 is 5.91 Å². The number of anilines is 1. The maximum absolute atomic E-state index is 12.8. The summed E-state index contributed by atoms with van der Waals surface area (Å²) in [6.07, 6.45) is 1.63. The topological polar surface area (TPSA) is 84.9 Å². The molecule has 1 heterocycles. The molecule has 0 unspecified atom stereocenters. The minimum absolute atomic E-state index is 0.0990. The average Bonchev–Trinajstić information content (AvgIpc) is 3.13. The number of thioether (sulfide) groups is 1. The highest BCUT2D eigenvalue weighted by Crippen LogP contribution is 2.34. The molecule has 1 fully saturated rings. The van der Waals surface area contributed by atoms with Gasteiger partial charge in [-0.2, -0.15) is 0 Å². The first-order valence-electron chi connectivity index (χ1n) is 10.9. The molecular formula is C26H19BrCl2N2O5S. The van der Waals surface area contributed by atoms with Crippen LogP contribution in [0.2, 0.25) is 10.0 Å². The van der Waals surface area contributed by atoms with Crippen LogP contribution in [0.5, 0.6) is 11.5 Å². The highest BCUT2D eigenvalue weighted by molar-refractivity contribution is 9.10. The Balaban J connectivity index is 1.32. The number of nitrogens with one attached hydrogen (secondary N) is 1. The lowest BCUT2D eigenvalue weighted by Crippen LogP contribution is -2.32. The molecule has 37 heavy (non-hydrogen) atoms. The Morgan fingerprint density at radius 1 is 1.00 bits per heavy atom. The van der Waals surface area contributed by atoms with Gasteiger partial charge in [-0.05, 0) is 87.9 Å². The Kier molecular flexibility index (Phi) is 9.15. The molecule has 1 aliphatic rings. The number of nitrogens with zero attached hydrogens (tertiary/aromatic N) is 1. The number of rotatable bonds is 9. The standard InChI is InChI=1S/C26H19BrCl2N2O5S/c27-19-13-16(5-10-21(19)36-15-24(32)30-18-8-6-17(28)7-9-18)14-23-25(33)31(26(34)37-23)11-12-35-22-4-2-1-3-20(22)29/h1-10,13-14H,11-12,15H2,(H,30,32)/b23-14-. The van der Waals surface area contributed by atoms with E-state index in [0.717, 1.165) is 16.7 Å². The zero-order valence-corrected chi connectivity index (χ0v) is 23.0. The second-order valence-corrected chi connectivity index (χ2v) is 10.3. The average molecular weight is 622 g/mol. The van der Waals surface area contributed by atoms with E-state index >= 15 is 0 Å². The van der Waals surface area contributed by atoms with Crippen LogP contribution in [0, 0.1) is 0 Å². The van der Waals surface area contributed by atoms with E-state index in [2.05, 4.69) is 21.2 Å². The fourth-order valence-electron chi connectivity index (χ4n) is 3.25. The molecule has 3 aromatic carbocycles. The van der Waals surface area contributed by atoms with Crippen molar-refractivity contribution in [2.75, 3.05) is 25.1 Å². The van der Waals surface area contributed by atoms with Crippen molar-refractivity contribution in [3.63, 3.8) is 0 Å². The van der Waals surface area contributed by atoms with Gasteiger partial charge >= 0.3 is 0 Å². The minimum atomic E-state index is -0.395. The van der Waals surface area contributed by atoms with Crippen molar-refractivity contribution in [3.8, 4) is 11.5 Å². The molecule has 0 aliphatic carbocycles. The van der Waals surface area contributed by atoms with Crippen LogP contribution < -0.4 is 14.8 Å². The maximum Gasteiger partial charge on any atom is 0.293 e. The zero-order chi connectivity index (χ0) is 26.4. The fraction of sp³-hybridized carbons (Fsp3) is 0.115. The van der Waals surface area contributed by atoms with Gasteiger partial charge in [0.25, 0.3) is 17.1 Å². The van der Waals surface area contributed by atoms with Crippen molar-refractivity contribution in [2.45, 2.75) is 0 Å². The molecule has 1 aliphatic heterocycles. The van der Waals surface area contributed by atoms with E-state index in [1.807, 2.05) is 0 Å². The van der Waals surface area contributed by atoms with Crippen LogP contribution in [0.15, 0.2) is 76.1 Å². The Bertz CT molecular complexity index is 1370. The van der Waals surface area contributed by atoms with Crippen LogP contribution in [0.4, 0.5) is 10.5 Å². The number of hydrogen-bond acceptors (Lipinski definition) is 6. The summed E-state index contributed by atoms with van der Waals surface area (Å²) in [7, 11) is 0. The molecule has 0 aromatic heterocycles. The number of para-hydroxylation sites is 1. The van der Waals surface area contributed by atoms with Crippen LogP contribution >= 0.6 is 50.9 Å². The third-order valence-corrected chi connectivity index (χ3v) is 7.11. The number of carbonyl (C=O) groups excluding carboxylic acids is 3. The summed E-state index contributed by atoms with van der Waals surface area (Å²) in [4.78, 5) is 38.8. The number of amides is 3. The zero-order valence-electron chi connectivity index (χ0n) is 19.1. The molecule has 190 valence electrons. The normalized spacial score (nSPS) is 14.2. The number of hydrogen-bond donors (Lipinski definition) is 1. The third-order valence-electron chi connectivity index (χ3n) is 5.02. The van der Waals surface area contributed by atoms with Crippen molar-refractivity contribution in [1.29, 1.82) is 0 Å². The lowest BCUT2D eigenvalue weighted by atomic mass is 10.2. The molecule has 3 aromatic rings. The van der Waals surface area contributed by atoms with Crippen LogP contribution in [0.1, 0.15) is 5.56 Å². The highest BCUT2D eigenvalue weighted by atomic mass is 79.9. The highest BCUT2D eigenvalue weighted by Gasteiger charge is 2.34. The molecule has 1 saturated heterocycles. The number of imide groups is 1. The van der Waals surface area contributed by atoms with Gasteiger partial charge in [0.15, 0.2) is 6.61 Å². The van der Waals surface area contributed by atoms with Crippen molar-refractivity contribution < 1.29 is 23.9 Å². The Hall–Kier alpha value is -2.98. The van der Waals surface area contributed by atoms with Gasteiger partial charge in [-0.15, -0.1) is 0 Å². The molecule has 0 atom stereocenters. The van der Waals surface area contributed by atoms with Gasteiger partial charge < -0.3 is 14.8 Å². The molecule has 0 radical (unpaired) electrons. The molecule has 3 amide bonds. The van der Waals surface area contributed by atoms with Crippen molar-refractivity contribution >= 4 is 79.7 Å². The molecule has 0 saturated carbocycles. The quantitative estimate of drug-likeness (QED) is 0.262. The van der Waals surface area contributed by atoms with Crippen molar-refractivity contribution in [3.05, 3.63) is 91.7 Å². The summed E-state index contributed by atoms with van der Waals surface area (Å²) >= 11 is 16.2. The SMILES string of the molecule is O=C(COc1ccc(/C=C2\SC(=O)N(CCOc3ccccc3Cl)C2=O)cc1Br)Nc1ccc(Cl)cc1. The summed E-state index contributed by atoms with van der Waals surface area (Å²) in [5.74, 6) is 0.216. The smallest absolute Gasteiger partial charge is 0.293 e. The second-order valence-electron chi connectivity index (χ2n) is 7.65. The molecular weight excluding hydrogens is 603 g/mol. The van der Waals surface area contributed by atoms with E-state index in [4.69, 9.17) is 32.7 Å². The summed E-state index contributed by atoms with van der Waals surface area (Å²) in [6, 6.07) is 18.9. The first kappa shape index (κ1) is 27.1. The van der Waals surface area contributed by atoms with Gasteiger partial charge in [-0.3, -0.25) is 19.3 Å².